The molecule has 0 aliphatic rings. The van der Waals surface area contributed by atoms with Gasteiger partial charge in [-0.3, -0.25) is 0 Å². The van der Waals surface area contributed by atoms with Gasteiger partial charge in [0.05, 0.1) is 22.2 Å². The van der Waals surface area contributed by atoms with Gasteiger partial charge in [-0.05, 0) is 128 Å². The normalized spacial score (nSPS) is 11.4. The highest BCUT2D eigenvalue weighted by atomic mass is 15.4. The maximum atomic E-state index is 4.50. The number of fused-ring (bicyclic) bond motifs is 4. The van der Waals surface area contributed by atoms with Crippen LogP contribution >= 0.6 is 0 Å². The number of rotatable bonds is 8. The molecule has 6 nitrogen and oxygen atoms in total. The summed E-state index contributed by atoms with van der Waals surface area (Å²) in [5.41, 5.74) is 13.9. The second-order valence-corrected chi connectivity index (χ2v) is 13.7. The molecule has 0 saturated heterocycles. The Morgan fingerprint density at radius 1 is 0.400 bits per heavy atom. The molecule has 55 heavy (non-hydrogen) atoms. The second-order valence-electron chi connectivity index (χ2n) is 13.7. The highest BCUT2D eigenvalue weighted by Gasteiger charge is 2.21. The minimum absolute atomic E-state index is 0.873. The van der Waals surface area contributed by atoms with Crippen LogP contribution in [0.5, 0.6) is 0 Å². The highest BCUT2D eigenvalue weighted by Crippen LogP contribution is 2.43. The number of hydrogen-bond acceptors (Lipinski definition) is 4. The van der Waals surface area contributed by atoms with Crippen molar-refractivity contribution >= 4 is 67.0 Å². The lowest BCUT2D eigenvalue weighted by Crippen LogP contribution is -2.09. The van der Waals surface area contributed by atoms with Crippen LogP contribution < -0.4 is 9.80 Å². The van der Waals surface area contributed by atoms with Gasteiger partial charge in [-0.2, -0.15) is 0 Å². The van der Waals surface area contributed by atoms with E-state index in [-0.39, 0.29) is 0 Å². The summed E-state index contributed by atoms with van der Waals surface area (Å²) in [5.74, 6) is 0. The predicted octanol–water partition coefficient (Wildman–Crippen LogP) is 12.8. The lowest BCUT2D eigenvalue weighted by Gasteiger charge is -2.26. The summed E-state index contributed by atoms with van der Waals surface area (Å²) in [5, 5.41) is 11.2. The Bertz CT molecular complexity index is 2720. The predicted molar refractivity (Wildman–Crippen MR) is 227 cm³/mol. The van der Waals surface area contributed by atoms with Crippen LogP contribution in [-0.4, -0.2) is 19.6 Å². The first-order valence-corrected chi connectivity index (χ1v) is 18.5. The molecule has 8 aromatic carbocycles. The fourth-order valence-corrected chi connectivity index (χ4v) is 7.82. The number of para-hydroxylation sites is 5. The number of nitrogens with zero attached hydrogens (tertiary/aromatic N) is 6. The largest absolute Gasteiger partial charge is 0.310 e. The highest BCUT2D eigenvalue weighted by molar-refractivity contribution is 6.12. The Balaban J connectivity index is 1.21. The molecule has 0 atom stereocenters. The van der Waals surface area contributed by atoms with Crippen molar-refractivity contribution in [1.82, 2.24) is 19.6 Å². The van der Waals surface area contributed by atoms with Gasteiger partial charge >= 0.3 is 0 Å². The van der Waals surface area contributed by atoms with Gasteiger partial charge in [0.25, 0.3) is 0 Å². The van der Waals surface area contributed by atoms with Crippen LogP contribution in [0, 0.1) is 6.92 Å². The van der Waals surface area contributed by atoms with E-state index in [1.807, 2.05) is 22.9 Å². The standard InChI is InChI=1S/C49H36N6/c1-35-32-42(55-49-25-15-14-24-45(49)50-51-55)28-29-46(35)54-47-30-26-40(52(36-16-6-2-7-17-36)37-18-8-3-9-19-37)33-43(47)44-34-41(27-31-48(44)54)53(38-20-10-4-11-21-38)39-22-12-5-13-23-39/h2-34H,1H3. The molecule has 0 saturated carbocycles. The fourth-order valence-electron chi connectivity index (χ4n) is 7.82. The summed E-state index contributed by atoms with van der Waals surface area (Å²) in [6.07, 6.45) is 0. The van der Waals surface area contributed by atoms with Crippen molar-refractivity contribution in [3.8, 4) is 11.4 Å². The SMILES string of the molecule is Cc1cc(-n2nnc3ccccc32)ccc1-n1c2ccc(N(c3ccccc3)c3ccccc3)cc2c2cc(N(c3ccccc3)c3ccccc3)ccc21. The molecule has 2 aromatic heterocycles. The van der Waals surface area contributed by atoms with E-state index in [4.69, 9.17) is 0 Å². The number of benzene rings is 8. The van der Waals surface area contributed by atoms with E-state index in [1.165, 1.54) is 0 Å². The Kier molecular flexibility index (Phi) is 7.92. The molecule has 0 radical (unpaired) electrons. The Labute approximate surface area is 319 Å². The van der Waals surface area contributed by atoms with Crippen molar-refractivity contribution in [3.63, 3.8) is 0 Å². The molecule has 6 heteroatoms. The molecule has 0 unspecified atom stereocenters. The van der Waals surface area contributed by atoms with Gasteiger partial charge in [-0.25, -0.2) is 4.68 Å². The summed E-state index contributed by atoms with van der Waals surface area (Å²) in [6.45, 7) is 2.18. The molecule has 0 aliphatic heterocycles. The van der Waals surface area contributed by atoms with Crippen LogP contribution in [-0.2, 0) is 0 Å². The van der Waals surface area contributed by atoms with E-state index in [0.717, 1.165) is 83.9 Å². The van der Waals surface area contributed by atoms with Gasteiger partial charge in [0.1, 0.15) is 5.52 Å². The topological polar surface area (TPSA) is 42.1 Å². The van der Waals surface area contributed by atoms with Crippen molar-refractivity contribution in [2.45, 2.75) is 6.92 Å². The molecule has 0 fully saturated rings. The van der Waals surface area contributed by atoms with Gasteiger partial charge in [-0.1, -0.05) is 90.1 Å². The van der Waals surface area contributed by atoms with Crippen molar-refractivity contribution in [2.24, 2.45) is 0 Å². The maximum absolute atomic E-state index is 4.50. The minimum atomic E-state index is 0.873. The van der Waals surface area contributed by atoms with Crippen molar-refractivity contribution < 1.29 is 0 Å². The Hall–Kier alpha value is -7.44. The smallest absolute Gasteiger partial charge is 0.113 e. The molecule has 10 aromatic rings. The first-order chi connectivity index (χ1) is 27.2. The van der Waals surface area contributed by atoms with Crippen LogP contribution in [0.15, 0.2) is 200 Å². The van der Waals surface area contributed by atoms with Gasteiger partial charge in [0.15, 0.2) is 0 Å². The van der Waals surface area contributed by atoms with E-state index >= 15 is 0 Å². The van der Waals surface area contributed by atoms with E-state index in [0.29, 0.717) is 0 Å². The zero-order valence-electron chi connectivity index (χ0n) is 30.2. The lowest BCUT2D eigenvalue weighted by atomic mass is 10.1. The molecule has 0 aliphatic carbocycles. The third-order valence-corrected chi connectivity index (χ3v) is 10.3. The third kappa shape index (κ3) is 5.68. The number of hydrogen-bond donors (Lipinski definition) is 0. The molecule has 262 valence electrons. The third-order valence-electron chi connectivity index (χ3n) is 10.3. The van der Waals surface area contributed by atoms with Crippen LogP contribution in [0.25, 0.3) is 44.2 Å². The van der Waals surface area contributed by atoms with Gasteiger partial charge in [0, 0.05) is 50.6 Å². The van der Waals surface area contributed by atoms with Gasteiger partial charge in [-0.15, -0.1) is 5.10 Å². The molecule has 0 N–H and O–H groups in total. The van der Waals surface area contributed by atoms with Crippen LogP contribution in [0.1, 0.15) is 5.56 Å². The molecule has 0 spiro atoms. The monoisotopic (exact) mass is 708 g/mol. The molecule has 0 bridgehead atoms. The van der Waals surface area contributed by atoms with Gasteiger partial charge < -0.3 is 14.4 Å². The first kappa shape index (κ1) is 32.2. The molecule has 0 amide bonds. The summed E-state index contributed by atoms with van der Waals surface area (Å²) < 4.78 is 4.32. The van der Waals surface area contributed by atoms with Crippen LogP contribution in [0.4, 0.5) is 34.1 Å². The molecule has 10 rings (SSSR count). The average molecular weight is 709 g/mol. The zero-order valence-corrected chi connectivity index (χ0v) is 30.2. The summed E-state index contributed by atoms with van der Waals surface area (Å²) in [6, 6.07) is 70.7. The molecular formula is C49H36N6. The van der Waals surface area contributed by atoms with Crippen molar-refractivity contribution in [2.75, 3.05) is 9.80 Å². The Morgan fingerprint density at radius 2 is 0.855 bits per heavy atom. The van der Waals surface area contributed by atoms with Crippen LogP contribution in [0.3, 0.4) is 0 Å². The maximum Gasteiger partial charge on any atom is 0.113 e. The van der Waals surface area contributed by atoms with E-state index in [1.54, 1.807) is 0 Å². The average Bonchev–Trinajstić information content (AvgIpc) is 3.82. The minimum Gasteiger partial charge on any atom is -0.310 e. The fraction of sp³-hybridized carbons (Fsp3) is 0.0204. The Morgan fingerprint density at radius 3 is 1.33 bits per heavy atom. The van der Waals surface area contributed by atoms with E-state index < -0.39 is 0 Å². The summed E-state index contributed by atoms with van der Waals surface area (Å²) >= 11 is 0. The van der Waals surface area contributed by atoms with Crippen LogP contribution in [0.2, 0.25) is 0 Å². The quantitative estimate of drug-likeness (QED) is 0.158. The molecular weight excluding hydrogens is 673 g/mol. The first-order valence-electron chi connectivity index (χ1n) is 18.5. The summed E-state index contributed by atoms with van der Waals surface area (Å²) in [7, 11) is 0. The van der Waals surface area contributed by atoms with E-state index in [2.05, 4.69) is 214 Å². The lowest BCUT2D eigenvalue weighted by molar-refractivity contribution is 0.822. The summed E-state index contributed by atoms with van der Waals surface area (Å²) in [4.78, 5) is 4.66. The van der Waals surface area contributed by atoms with E-state index in [9.17, 15) is 0 Å². The number of aryl methyl sites for hydroxylation is 1. The van der Waals surface area contributed by atoms with Crippen molar-refractivity contribution in [3.05, 3.63) is 206 Å². The zero-order chi connectivity index (χ0) is 36.7. The van der Waals surface area contributed by atoms with Crippen molar-refractivity contribution in [1.29, 1.82) is 0 Å². The second kappa shape index (κ2) is 13.5. The molecule has 2 heterocycles. The van der Waals surface area contributed by atoms with Gasteiger partial charge in [0.2, 0.25) is 0 Å². The number of anilines is 6. The number of aromatic nitrogens is 4.